The molecule has 0 heterocycles. The molecule has 2 heteroatoms. The smallest absolute Gasteiger partial charge is 0.0337 e. The maximum Gasteiger partial charge on any atom is 0.0337 e. The number of rotatable bonds is 6. The SMILES string of the molecule is CC.CCC(CCNC)c1ccc(NC)cc1. The van der Waals surface area contributed by atoms with Crippen LogP contribution >= 0.6 is 0 Å². The second-order valence-electron chi connectivity index (χ2n) is 3.87. The van der Waals surface area contributed by atoms with Crippen LogP contribution in [0.5, 0.6) is 0 Å². The Balaban J connectivity index is 0.00000121. The van der Waals surface area contributed by atoms with Crippen molar-refractivity contribution >= 4 is 5.69 Å². The van der Waals surface area contributed by atoms with Crippen molar-refractivity contribution in [2.45, 2.75) is 39.5 Å². The van der Waals surface area contributed by atoms with E-state index in [1.165, 1.54) is 24.1 Å². The lowest BCUT2D eigenvalue weighted by atomic mass is 9.93. The average Bonchev–Trinajstić information content (AvgIpc) is 2.42. The summed E-state index contributed by atoms with van der Waals surface area (Å²) in [5, 5.41) is 6.35. The van der Waals surface area contributed by atoms with Gasteiger partial charge in [-0.1, -0.05) is 32.9 Å². The summed E-state index contributed by atoms with van der Waals surface area (Å²) in [6, 6.07) is 8.76. The van der Waals surface area contributed by atoms with Gasteiger partial charge < -0.3 is 10.6 Å². The van der Waals surface area contributed by atoms with Crippen molar-refractivity contribution in [3.8, 4) is 0 Å². The van der Waals surface area contributed by atoms with E-state index in [2.05, 4.69) is 41.8 Å². The fraction of sp³-hybridized carbons (Fsp3) is 0.600. The highest BCUT2D eigenvalue weighted by molar-refractivity contribution is 5.44. The van der Waals surface area contributed by atoms with Gasteiger partial charge in [0.25, 0.3) is 0 Å². The minimum atomic E-state index is 0.684. The van der Waals surface area contributed by atoms with Crippen LogP contribution < -0.4 is 10.6 Å². The van der Waals surface area contributed by atoms with E-state index in [9.17, 15) is 0 Å². The van der Waals surface area contributed by atoms with Crippen molar-refractivity contribution < 1.29 is 0 Å². The van der Waals surface area contributed by atoms with Crippen LogP contribution in [-0.4, -0.2) is 20.6 Å². The molecular formula is C15H28N2. The van der Waals surface area contributed by atoms with Gasteiger partial charge in [-0.2, -0.15) is 0 Å². The second kappa shape index (κ2) is 10.2. The molecule has 2 N–H and O–H groups in total. The Morgan fingerprint density at radius 2 is 1.65 bits per heavy atom. The van der Waals surface area contributed by atoms with Gasteiger partial charge in [0.1, 0.15) is 0 Å². The number of nitrogens with one attached hydrogen (secondary N) is 2. The molecule has 0 radical (unpaired) electrons. The third kappa shape index (κ3) is 5.73. The Hall–Kier alpha value is -1.02. The van der Waals surface area contributed by atoms with E-state index >= 15 is 0 Å². The highest BCUT2D eigenvalue weighted by atomic mass is 14.8. The Morgan fingerprint density at radius 1 is 1.06 bits per heavy atom. The van der Waals surface area contributed by atoms with Gasteiger partial charge in [-0.05, 0) is 50.0 Å². The van der Waals surface area contributed by atoms with Gasteiger partial charge in [0.2, 0.25) is 0 Å². The van der Waals surface area contributed by atoms with Gasteiger partial charge in [0.15, 0.2) is 0 Å². The van der Waals surface area contributed by atoms with Crippen LogP contribution in [0.15, 0.2) is 24.3 Å². The predicted octanol–water partition coefficient (Wildman–Crippen LogP) is 3.86. The third-order valence-electron chi connectivity index (χ3n) is 2.91. The standard InChI is InChI=1S/C13H22N2.C2H6/c1-4-11(9-10-14-2)12-5-7-13(15-3)8-6-12;1-2/h5-8,11,14-15H,4,9-10H2,1-3H3;1-2H3. The summed E-state index contributed by atoms with van der Waals surface area (Å²) in [5.41, 5.74) is 2.63. The van der Waals surface area contributed by atoms with Crippen LogP contribution in [0.2, 0.25) is 0 Å². The van der Waals surface area contributed by atoms with Crippen LogP contribution in [0.1, 0.15) is 45.1 Å². The van der Waals surface area contributed by atoms with E-state index in [-0.39, 0.29) is 0 Å². The van der Waals surface area contributed by atoms with E-state index in [1.54, 1.807) is 0 Å². The molecule has 0 saturated carbocycles. The molecule has 0 aromatic heterocycles. The van der Waals surface area contributed by atoms with Gasteiger partial charge in [-0.15, -0.1) is 0 Å². The lowest BCUT2D eigenvalue weighted by Gasteiger charge is -2.15. The summed E-state index contributed by atoms with van der Waals surface area (Å²) >= 11 is 0. The molecule has 0 aliphatic heterocycles. The number of hydrogen-bond donors (Lipinski definition) is 2. The van der Waals surface area contributed by atoms with Crippen LogP contribution in [0.4, 0.5) is 5.69 Å². The highest BCUT2D eigenvalue weighted by Gasteiger charge is 2.07. The third-order valence-corrected chi connectivity index (χ3v) is 2.91. The molecule has 0 spiro atoms. The zero-order valence-corrected chi connectivity index (χ0v) is 12.0. The molecule has 1 aromatic rings. The molecule has 17 heavy (non-hydrogen) atoms. The molecule has 98 valence electrons. The van der Waals surface area contributed by atoms with Crippen molar-refractivity contribution in [1.29, 1.82) is 0 Å². The average molecular weight is 236 g/mol. The molecule has 0 amide bonds. The van der Waals surface area contributed by atoms with Crippen molar-refractivity contribution in [1.82, 2.24) is 5.32 Å². The molecule has 1 rings (SSSR count). The van der Waals surface area contributed by atoms with Crippen molar-refractivity contribution in [3.05, 3.63) is 29.8 Å². The van der Waals surface area contributed by atoms with Crippen molar-refractivity contribution in [2.75, 3.05) is 26.0 Å². The molecular weight excluding hydrogens is 208 g/mol. The predicted molar refractivity (Wildman–Crippen MR) is 78.9 cm³/mol. The van der Waals surface area contributed by atoms with Gasteiger partial charge in [0.05, 0.1) is 0 Å². The maximum atomic E-state index is 3.21. The minimum Gasteiger partial charge on any atom is -0.388 e. The maximum absolute atomic E-state index is 3.21. The van der Waals surface area contributed by atoms with E-state index in [4.69, 9.17) is 0 Å². The molecule has 0 bridgehead atoms. The number of anilines is 1. The van der Waals surface area contributed by atoms with Gasteiger partial charge in [-0.3, -0.25) is 0 Å². The molecule has 2 nitrogen and oxygen atoms in total. The zero-order chi connectivity index (χ0) is 13.1. The number of benzene rings is 1. The molecule has 0 aliphatic rings. The second-order valence-corrected chi connectivity index (χ2v) is 3.87. The molecule has 1 unspecified atom stereocenters. The Morgan fingerprint density at radius 3 is 2.06 bits per heavy atom. The summed E-state index contributed by atoms with van der Waals surface area (Å²) in [5.74, 6) is 0.684. The first-order chi connectivity index (χ1) is 8.31. The quantitative estimate of drug-likeness (QED) is 0.784. The summed E-state index contributed by atoms with van der Waals surface area (Å²) in [6.07, 6.45) is 2.42. The van der Waals surface area contributed by atoms with Crippen LogP contribution in [0, 0.1) is 0 Å². The summed E-state index contributed by atoms with van der Waals surface area (Å²) in [4.78, 5) is 0. The van der Waals surface area contributed by atoms with Crippen LogP contribution in [0.25, 0.3) is 0 Å². The molecule has 0 saturated heterocycles. The van der Waals surface area contributed by atoms with Gasteiger partial charge in [-0.25, -0.2) is 0 Å². The topological polar surface area (TPSA) is 24.1 Å². The normalized spacial score (nSPS) is 11.4. The van der Waals surface area contributed by atoms with E-state index in [0.717, 1.165) is 6.54 Å². The number of hydrogen-bond acceptors (Lipinski definition) is 2. The molecule has 1 atom stereocenters. The summed E-state index contributed by atoms with van der Waals surface area (Å²) < 4.78 is 0. The Kier molecular flexibility index (Phi) is 9.55. The Labute approximate surface area is 107 Å². The molecule has 0 aliphatic carbocycles. The fourth-order valence-electron chi connectivity index (χ4n) is 1.85. The van der Waals surface area contributed by atoms with Gasteiger partial charge in [0, 0.05) is 12.7 Å². The van der Waals surface area contributed by atoms with E-state index in [1.807, 2.05) is 27.9 Å². The van der Waals surface area contributed by atoms with Gasteiger partial charge >= 0.3 is 0 Å². The van der Waals surface area contributed by atoms with Crippen LogP contribution in [0.3, 0.4) is 0 Å². The van der Waals surface area contributed by atoms with Crippen molar-refractivity contribution in [2.24, 2.45) is 0 Å². The highest BCUT2D eigenvalue weighted by Crippen LogP contribution is 2.23. The lowest BCUT2D eigenvalue weighted by Crippen LogP contribution is -2.11. The van der Waals surface area contributed by atoms with Crippen LogP contribution in [-0.2, 0) is 0 Å². The summed E-state index contributed by atoms with van der Waals surface area (Å²) in [7, 11) is 3.96. The first-order valence-corrected chi connectivity index (χ1v) is 6.74. The molecule has 0 fully saturated rings. The van der Waals surface area contributed by atoms with Crippen molar-refractivity contribution in [3.63, 3.8) is 0 Å². The largest absolute Gasteiger partial charge is 0.388 e. The fourth-order valence-corrected chi connectivity index (χ4v) is 1.85. The minimum absolute atomic E-state index is 0.684. The summed E-state index contributed by atoms with van der Waals surface area (Å²) in [6.45, 7) is 7.35. The molecule has 1 aromatic carbocycles. The van der Waals surface area contributed by atoms with E-state index < -0.39 is 0 Å². The Bertz CT molecular complexity index is 267. The zero-order valence-electron chi connectivity index (χ0n) is 12.0. The lowest BCUT2D eigenvalue weighted by molar-refractivity contribution is 0.581. The first kappa shape index (κ1) is 16.0. The monoisotopic (exact) mass is 236 g/mol. The van der Waals surface area contributed by atoms with E-state index in [0.29, 0.717) is 5.92 Å². The first-order valence-electron chi connectivity index (χ1n) is 6.74.